The third kappa shape index (κ3) is 5.40. The van der Waals surface area contributed by atoms with Gasteiger partial charge >= 0.3 is 6.09 Å². The standard InChI is InChI=1S/C18H32N2O3/c1-12-8-9-20(16(21)13(2)14-6-7-14)11-15(12)10-19-17(22)23-18(3,4)5/h12-15H,6-11H2,1-5H3,(H,19,22). The van der Waals surface area contributed by atoms with Gasteiger partial charge in [0.15, 0.2) is 0 Å². The minimum absolute atomic E-state index is 0.155. The molecule has 5 heteroatoms. The zero-order valence-electron chi connectivity index (χ0n) is 15.2. The first kappa shape index (κ1) is 18.1. The maximum Gasteiger partial charge on any atom is 0.407 e. The third-order valence-corrected chi connectivity index (χ3v) is 5.05. The number of piperidine rings is 1. The maximum absolute atomic E-state index is 12.6. The van der Waals surface area contributed by atoms with Gasteiger partial charge in [0.05, 0.1) is 0 Å². The Kier molecular flexibility index (Phi) is 5.58. The molecule has 0 bridgehead atoms. The zero-order chi connectivity index (χ0) is 17.2. The van der Waals surface area contributed by atoms with Crippen LogP contribution in [0.25, 0.3) is 0 Å². The molecule has 2 fully saturated rings. The van der Waals surface area contributed by atoms with Crippen LogP contribution in [0.15, 0.2) is 0 Å². The van der Waals surface area contributed by atoms with Gasteiger partial charge in [0.2, 0.25) is 5.91 Å². The molecule has 2 rings (SSSR count). The molecule has 1 saturated carbocycles. The molecular weight excluding hydrogens is 292 g/mol. The van der Waals surface area contributed by atoms with E-state index in [9.17, 15) is 9.59 Å². The van der Waals surface area contributed by atoms with Gasteiger partial charge < -0.3 is 15.0 Å². The molecule has 0 radical (unpaired) electrons. The normalized spacial score (nSPS) is 26.6. The van der Waals surface area contributed by atoms with E-state index in [2.05, 4.69) is 19.2 Å². The van der Waals surface area contributed by atoms with Crippen molar-refractivity contribution in [1.29, 1.82) is 0 Å². The smallest absolute Gasteiger partial charge is 0.407 e. The van der Waals surface area contributed by atoms with Crippen LogP contribution in [0.1, 0.15) is 53.9 Å². The molecule has 23 heavy (non-hydrogen) atoms. The van der Waals surface area contributed by atoms with Gasteiger partial charge in [0.25, 0.3) is 0 Å². The van der Waals surface area contributed by atoms with Gasteiger partial charge in [-0.3, -0.25) is 4.79 Å². The van der Waals surface area contributed by atoms with Gasteiger partial charge in [-0.15, -0.1) is 0 Å². The molecule has 0 aromatic heterocycles. The molecular formula is C18H32N2O3. The molecule has 1 aliphatic heterocycles. The number of ether oxygens (including phenoxy) is 1. The second-order valence-corrected chi connectivity index (χ2v) is 8.32. The first-order valence-corrected chi connectivity index (χ1v) is 8.93. The summed E-state index contributed by atoms with van der Waals surface area (Å²) in [5.74, 6) is 1.85. The van der Waals surface area contributed by atoms with Crippen LogP contribution in [0.2, 0.25) is 0 Å². The van der Waals surface area contributed by atoms with Crippen LogP contribution in [0.4, 0.5) is 4.79 Å². The number of hydrogen-bond donors (Lipinski definition) is 1. The highest BCUT2D eigenvalue weighted by Gasteiger charge is 2.37. The average Bonchev–Trinajstić information content (AvgIpc) is 3.27. The fraction of sp³-hybridized carbons (Fsp3) is 0.889. The number of amides is 2. The van der Waals surface area contributed by atoms with Crippen LogP contribution in [-0.2, 0) is 9.53 Å². The van der Waals surface area contributed by atoms with Crippen molar-refractivity contribution in [1.82, 2.24) is 10.2 Å². The molecule has 0 aromatic carbocycles. The summed E-state index contributed by atoms with van der Waals surface area (Å²) in [7, 11) is 0. The first-order valence-electron chi connectivity index (χ1n) is 8.93. The summed E-state index contributed by atoms with van der Waals surface area (Å²) >= 11 is 0. The van der Waals surface area contributed by atoms with Gasteiger partial charge in [0, 0.05) is 25.6 Å². The van der Waals surface area contributed by atoms with Crippen molar-refractivity contribution in [2.45, 2.75) is 59.5 Å². The van der Waals surface area contributed by atoms with E-state index in [1.165, 1.54) is 12.8 Å². The largest absolute Gasteiger partial charge is 0.444 e. The van der Waals surface area contributed by atoms with Crippen LogP contribution in [-0.4, -0.2) is 42.1 Å². The summed E-state index contributed by atoms with van der Waals surface area (Å²) in [5.41, 5.74) is -0.482. The van der Waals surface area contributed by atoms with E-state index in [-0.39, 0.29) is 12.0 Å². The highest BCUT2D eigenvalue weighted by molar-refractivity contribution is 5.79. The van der Waals surface area contributed by atoms with Crippen molar-refractivity contribution in [3.8, 4) is 0 Å². The summed E-state index contributed by atoms with van der Waals surface area (Å²) in [5, 5.41) is 2.86. The molecule has 3 unspecified atom stereocenters. The predicted molar refractivity (Wildman–Crippen MR) is 90.0 cm³/mol. The lowest BCUT2D eigenvalue weighted by atomic mass is 9.86. The van der Waals surface area contributed by atoms with E-state index < -0.39 is 5.60 Å². The molecule has 1 aliphatic carbocycles. The Morgan fingerprint density at radius 3 is 2.48 bits per heavy atom. The summed E-state index contributed by atoms with van der Waals surface area (Å²) in [6, 6.07) is 0. The van der Waals surface area contributed by atoms with E-state index in [1.54, 1.807) is 0 Å². The molecule has 2 aliphatic rings. The van der Waals surface area contributed by atoms with Crippen LogP contribution in [0, 0.1) is 23.7 Å². The summed E-state index contributed by atoms with van der Waals surface area (Å²) in [4.78, 5) is 26.4. The van der Waals surface area contributed by atoms with Gasteiger partial charge in [-0.25, -0.2) is 4.79 Å². The predicted octanol–water partition coefficient (Wildman–Crippen LogP) is 3.04. The van der Waals surface area contributed by atoms with E-state index in [4.69, 9.17) is 4.74 Å². The third-order valence-electron chi connectivity index (χ3n) is 5.05. The number of hydrogen-bond acceptors (Lipinski definition) is 3. The quantitative estimate of drug-likeness (QED) is 0.864. The highest BCUT2D eigenvalue weighted by atomic mass is 16.6. The lowest BCUT2D eigenvalue weighted by Gasteiger charge is -2.38. The number of carbonyl (C=O) groups is 2. The minimum Gasteiger partial charge on any atom is -0.444 e. The van der Waals surface area contributed by atoms with Gasteiger partial charge in [-0.05, 0) is 57.8 Å². The van der Waals surface area contributed by atoms with Crippen LogP contribution in [0.5, 0.6) is 0 Å². The van der Waals surface area contributed by atoms with E-state index in [1.807, 2.05) is 25.7 Å². The van der Waals surface area contributed by atoms with Crippen molar-refractivity contribution in [3.05, 3.63) is 0 Å². The highest BCUT2D eigenvalue weighted by Crippen LogP contribution is 2.38. The SMILES string of the molecule is CC1CCN(C(=O)C(C)C2CC2)CC1CNC(=O)OC(C)(C)C. The topological polar surface area (TPSA) is 58.6 Å². The first-order chi connectivity index (χ1) is 10.7. The average molecular weight is 324 g/mol. The van der Waals surface area contributed by atoms with Crippen LogP contribution in [0.3, 0.4) is 0 Å². The second kappa shape index (κ2) is 7.10. The summed E-state index contributed by atoms with van der Waals surface area (Å²) in [6.45, 7) is 12.0. The van der Waals surface area contributed by atoms with E-state index in [0.717, 1.165) is 19.5 Å². The molecule has 1 N–H and O–H groups in total. The van der Waals surface area contributed by atoms with Gasteiger partial charge in [-0.1, -0.05) is 13.8 Å². The number of nitrogens with one attached hydrogen (secondary N) is 1. The van der Waals surface area contributed by atoms with Crippen LogP contribution < -0.4 is 5.32 Å². The molecule has 1 saturated heterocycles. The van der Waals surface area contributed by atoms with Crippen molar-refractivity contribution < 1.29 is 14.3 Å². The Hall–Kier alpha value is -1.26. The molecule has 1 heterocycles. The van der Waals surface area contributed by atoms with E-state index >= 15 is 0 Å². The lowest BCUT2D eigenvalue weighted by Crippen LogP contribution is -2.49. The number of alkyl carbamates (subject to hydrolysis) is 1. The summed E-state index contributed by atoms with van der Waals surface area (Å²) < 4.78 is 5.29. The zero-order valence-corrected chi connectivity index (χ0v) is 15.2. The van der Waals surface area contributed by atoms with Crippen molar-refractivity contribution >= 4 is 12.0 Å². The second-order valence-electron chi connectivity index (χ2n) is 8.32. The van der Waals surface area contributed by atoms with Crippen molar-refractivity contribution in [2.24, 2.45) is 23.7 Å². The number of rotatable bonds is 4. The lowest BCUT2D eigenvalue weighted by molar-refractivity contribution is -0.138. The van der Waals surface area contributed by atoms with E-state index in [0.29, 0.717) is 30.2 Å². The number of carbonyl (C=O) groups excluding carboxylic acids is 2. The molecule has 0 spiro atoms. The van der Waals surface area contributed by atoms with Crippen molar-refractivity contribution in [2.75, 3.05) is 19.6 Å². The minimum atomic E-state index is -0.482. The number of likely N-dealkylation sites (tertiary alicyclic amines) is 1. The monoisotopic (exact) mass is 324 g/mol. The molecule has 3 atom stereocenters. The van der Waals surface area contributed by atoms with Crippen LogP contribution >= 0.6 is 0 Å². The maximum atomic E-state index is 12.6. The summed E-state index contributed by atoms with van der Waals surface area (Å²) in [6.07, 6.45) is 3.02. The molecule has 0 aromatic rings. The van der Waals surface area contributed by atoms with Crippen molar-refractivity contribution in [3.63, 3.8) is 0 Å². The Balaban J connectivity index is 1.83. The molecule has 2 amide bonds. The fourth-order valence-electron chi connectivity index (χ4n) is 3.23. The fourth-order valence-corrected chi connectivity index (χ4v) is 3.23. The Labute approximate surface area is 140 Å². The molecule has 132 valence electrons. The Morgan fingerprint density at radius 1 is 1.26 bits per heavy atom. The number of nitrogens with zero attached hydrogens (tertiary/aromatic N) is 1. The Morgan fingerprint density at radius 2 is 1.91 bits per heavy atom. The van der Waals surface area contributed by atoms with Gasteiger partial charge in [-0.2, -0.15) is 0 Å². The molecule has 5 nitrogen and oxygen atoms in total. The Bertz CT molecular complexity index is 440. The van der Waals surface area contributed by atoms with Gasteiger partial charge in [0.1, 0.15) is 5.60 Å².